The molecule has 1 aromatic carbocycles. The molecular formula is C35H40Cl2N6O5. The molecule has 0 unspecified atom stereocenters. The second kappa shape index (κ2) is 16.5. The smallest absolute Gasteiger partial charge is 0.237 e. The molecule has 3 atom stereocenters. The summed E-state index contributed by atoms with van der Waals surface area (Å²) in [5.74, 6) is 0.877. The van der Waals surface area contributed by atoms with Crippen molar-refractivity contribution in [1.82, 2.24) is 30.9 Å². The van der Waals surface area contributed by atoms with Crippen LogP contribution in [0.1, 0.15) is 42.3 Å². The van der Waals surface area contributed by atoms with Crippen LogP contribution in [0.3, 0.4) is 0 Å². The van der Waals surface area contributed by atoms with E-state index in [9.17, 15) is 9.90 Å². The Hall–Kier alpha value is -3.84. The summed E-state index contributed by atoms with van der Waals surface area (Å²) in [6.07, 6.45) is 5.94. The lowest BCUT2D eigenvalue weighted by molar-refractivity contribution is -0.119. The number of nitrogens with zero attached hydrogens (tertiary/aromatic N) is 3. The zero-order valence-electron chi connectivity index (χ0n) is 27.2. The van der Waals surface area contributed by atoms with Crippen LogP contribution in [-0.2, 0) is 22.6 Å². The van der Waals surface area contributed by atoms with Gasteiger partial charge in [0.05, 0.1) is 67.2 Å². The Balaban J connectivity index is 1.38. The first-order valence-corrected chi connectivity index (χ1v) is 16.4. The fraction of sp³-hybridized carbons (Fsp3) is 0.371. The van der Waals surface area contributed by atoms with Crippen LogP contribution < -0.4 is 25.4 Å². The maximum atomic E-state index is 11.5. The Morgan fingerprint density at radius 1 is 1.17 bits per heavy atom. The van der Waals surface area contributed by atoms with Crippen molar-refractivity contribution in [2.45, 2.75) is 51.0 Å². The van der Waals surface area contributed by atoms with E-state index in [1.807, 2.05) is 43.3 Å². The van der Waals surface area contributed by atoms with Gasteiger partial charge in [-0.25, -0.2) is 9.97 Å². The number of rotatable bonds is 14. The molecule has 0 spiro atoms. The molecule has 4 N–H and O–H groups in total. The Kier molecular flexibility index (Phi) is 12.2. The topological polar surface area (TPSA) is 140 Å². The second-order valence-electron chi connectivity index (χ2n) is 11.4. The van der Waals surface area contributed by atoms with Gasteiger partial charge in [0, 0.05) is 54.4 Å². The van der Waals surface area contributed by atoms with Gasteiger partial charge in [-0.05, 0) is 25.0 Å². The molecule has 1 amide bonds. The van der Waals surface area contributed by atoms with E-state index >= 15 is 0 Å². The van der Waals surface area contributed by atoms with Gasteiger partial charge in [0.15, 0.2) is 0 Å². The normalized spacial score (nSPS) is 20.0. The number of amides is 1. The molecule has 5 rings (SSSR count). The van der Waals surface area contributed by atoms with Gasteiger partial charge in [-0.2, -0.15) is 0 Å². The molecule has 2 fully saturated rings. The van der Waals surface area contributed by atoms with Crippen LogP contribution in [0.5, 0.6) is 11.8 Å². The Bertz CT molecular complexity index is 1710. The zero-order valence-corrected chi connectivity index (χ0v) is 28.7. The number of carbonyl (C=O) groups excluding carboxylic acids is 1. The number of hydrogen-bond donors (Lipinski definition) is 4. The van der Waals surface area contributed by atoms with Crippen molar-refractivity contribution in [1.29, 1.82) is 0 Å². The largest absolute Gasteiger partial charge is 0.481 e. The predicted octanol–water partition coefficient (Wildman–Crippen LogP) is 4.67. The van der Waals surface area contributed by atoms with Crippen LogP contribution >= 0.6 is 23.2 Å². The lowest BCUT2D eigenvalue weighted by atomic mass is 9.97. The van der Waals surface area contributed by atoms with E-state index in [0.717, 1.165) is 12.0 Å². The zero-order chi connectivity index (χ0) is 34.2. The maximum Gasteiger partial charge on any atom is 0.237 e. The summed E-state index contributed by atoms with van der Waals surface area (Å²) in [5, 5.41) is 20.5. The number of aromatic nitrogens is 3. The number of allylic oxidation sites excluding steroid dienone is 5. The lowest BCUT2D eigenvalue weighted by Crippen LogP contribution is -2.38. The summed E-state index contributed by atoms with van der Waals surface area (Å²) in [6, 6.07) is 9.43. The van der Waals surface area contributed by atoms with E-state index in [4.69, 9.17) is 47.4 Å². The van der Waals surface area contributed by atoms with Crippen LogP contribution in [0.4, 0.5) is 0 Å². The van der Waals surface area contributed by atoms with Crippen molar-refractivity contribution < 1.29 is 24.1 Å². The fourth-order valence-electron chi connectivity index (χ4n) is 5.71. The van der Waals surface area contributed by atoms with Crippen molar-refractivity contribution in [2.75, 3.05) is 34.0 Å². The quantitative estimate of drug-likeness (QED) is 0.176. The van der Waals surface area contributed by atoms with Crippen LogP contribution in [-0.4, -0.2) is 78.1 Å². The van der Waals surface area contributed by atoms with Crippen molar-refractivity contribution in [3.63, 3.8) is 0 Å². The first kappa shape index (κ1) is 35.5. The standard InChI is InChI=1S/C35H40Cl2N6O5/c1-5-22(32(36)23(6-2)27-17-40-28(35(43-27)47-4)16-38-15-21-11-13-31(45)41-21)24-8-7-9-25(33(24)37)26-12-10-20(34(42-26)46-3)14-39-29-18-48-19-30(29)44/h5-10,12,17,21,29-30,38-39,44H,2,11,13-16,18-19H2,1,3-4H3,(H,41,45)/b22-5-,32-23-/t21-,29+,30+/m0/s1. The van der Waals surface area contributed by atoms with E-state index in [2.05, 4.69) is 27.5 Å². The van der Waals surface area contributed by atoms with Gasteiger partial charge in [0.1, 0.15) is 5.69 Å². The molecule has 2 aliphatic rings. The fourth-order valence-corrected chi connectivity index (χ4v) is 6.42. The number of aliphatic hydroxyl groups excluding tert-OH is 1. The summed E-state index contributed by atoms with van der Waals surface area (Å²) >= 11 is 14.1. The number of nitrogens with one attached hydrogen (secondary N) is 3. The van der Waals surface area contributed by atoms with Crippen LogP contribution in [0.25, 0.3) is 22.4 Å². The summed E-state index contributed by atoms with van der Waals surface area (Å²) in [6.45, 7) is 8.13. The maximum absolute atomic E-state index is 11.5. The molecule has 0 aliphatic carbocycles. The molecule has 2 aromatic heterocycles. The molecule has 2 saturated heterocycles. The summed E-state index contributed by atoms with van der Waals surface area (Å²) in [5.41, 5.74) is 5.20. The molecule has 11 nitrogen and oxygen atoms in total. The minimum Gasteiger partial charge on any atom is -0.481 e. The number of ether oxygens (including phenoxy) is 3. The first-order chi connectivity index (χ1) is 23.3. The minimum absolute atomic E-state index is 0.0744. The Morgan fingerprint density at radius 3 is 2.65 bits per heavy atom. The van der Waals surface area contributed by atoms with Gasteiger partial charge in [-0.15, -0.1) is 0 Å². The van der Waals surface area contributed by atoms with Gasteiger partial charge in [0.25, 0.3) is 0 Å². The molecule has 48 heavy (non-hydrogen) atoms. The van der Waals surface area contributed by atoms with E-state index in [0.29, 0.717) is 100 Å². The number of hydrogen-bond acceptors (Lipinski definition) is 10. The van der Waals surface area contributed by atoms with Crippen molar-refractivity contribution in [3.05, 3.63) is 87.8 Å². The molecule has 0 bridgehead atoms. The van der Waals surface area contributed by atoms with Gasteiger partial charge >= 0.3 is 0 Å². The molecule has 0 radical (unpaired) electrons. The number of aliphatic hydroxyl groups is 1. The van der Waals surface area contributed by atoms with Gasteiger partial charge in [-0.1, -0.05) is 66.2 Å². The van der Waals surface area contributed by atoms with E-state index < -0.39 is 6.10 Å². The second-order valence-corrected chi connectivity index (χ2v) is 12.2. The molecule has 13 heteroatoms. The van der Waals surface area contributed by atoms with Gasteiger partial charge < -0.3 is 35.3 Å². The number of carbonyl (C=O) groups is 1. The highest BCUT2D eigenvalue weighted by molar-refractivity contribution is 6.42. The molecule has 0 saturated carbocycles. The average molecular weight is 696 g/mol. The monoisotopic (exact) mass is 694 g/mol. The molecule has 3 aromatic rings. The molecule has 254 valence electrons. The molecule has 2 aliphatic heterocycles. The van der Waals surface area contributed by atoms with Crippen molar-refractivity contribution in [3.8, 4) is 23.0 Å². The summed E-state index contributed by atoms with van der Waals surface area (Å²) in [7, 11) is 3.11. The number of halogens is 2. The van der Waals surface area contributed by atoms with Gasteiger partial charge in [-0.3, -0.25) is 9.78 Å². The minimum atomic E-state index is -0.553. The predicted molar refractivity (Wildman–Crippen MR) is 187 cm³/mol. The summed E-state index contributed by atoms with van der Waals surface area (Å²) in [4.78, 5) is 25.6. The Labute approximate surface area is 290 Å². The third-order valence-corrected chi connectivity index (χ3v) is 9.13. The van der Waals surface area contributed by atoms with Crippen LogP contribution in [0.15, 0.2) is 60.3 Å². The average Bonchev–Trinajstić information content (AvgIpc) is 3.72. The van der Waals surface area contributed by atoms with Crippen molar-refractivity contribution in [2.24, 2.45) is 0 Å². The third kappa shape index (κ3) is 8.06. The lowest BCUT2D eigenvalue weighted by Gasteiger charge is -2.17. The Morgan fingerprint density at radius 2 is 1.98 bits per heavy atom. The van der Waals surface area contributed by atoms with E-state index in [1.54, 1.807) is 19.4 Å². The van der Waals surface area contributed by atoms with E-state index in [-0.39, 0.29) is 18.0 Å². The first-order valence-electron chi connectivity index (χ1n) is 15.7. The highest BCUT2D eigenvalue weighted by atomic mass is 35.5. The van der Waals surface area contributed by atoms with Crippen LogP contribution in [0.2, 0.25) is 5.02 Å². The number of benzene rings is 1. The molecule has 4 heterocycles. The highest BCUT2D eigenvalue weighted by Crippen LogP contribution is 2.40. The SMILES string of the molecule is C=C/C(=C(Cl)\C(=C/C)c1cccc(-c2ccc(CN[C@@H]3COC[C@H]3O)c(OC)n2)c1Cl)c1cnc(CNC[C@@H]2CCC(=O)N2)c(OC)n1. The highest BCUT2D eigenvalue weighted by Gasteiger charge is 2.26. The summed E-state index contributed by atoms with van der Waals surface area (Å²) < 4.78 is 16.5. The van der Waals surface area contributed by atoms with Crippen molar-refractivity contribution >= 4 is 40.3 Å². The number of pyridine rings is 1. The van der Waals surface area contributed by atoms with E-state index in [1.165, 1.54) is 7.11 Å². The van der Waals surface area contributed by atoms with Gasteiger partial charge in [0.2, 0.25) is 17.7 Å². The van der Waals surface area contributed by atoms with Crippen LogP contribution in [0, 0.1) is 0 Å². The molecular weight excluding hydrogens is 655 g/mol. The number of methoxy groups -OCH3 is 2. The third-order valence-electron chi connectivity index (χ3n) is 8.32.